The van der Waals surface area contributed by atoms with Crippen LogP contribution in [0.15, 0.2) is 42.6 Å². The molecule has 5 rings (SSSR count). The molecule has 2 amide bonds. The summed E-state index contributed by atoms with van der Waals surface area (Å²) in [5.41, 5.74) is 1.04. The first kappa shape index (κ1) is 24.9. The summed E-state index contributed by atoms with van der Waals surface area (Å²) in [6, 6.07) is 9.67. The van der Waals surface area contributed by atoms with Crippen LogP contribution in [0.1, 0.15) is 12.5 Å². The zero-order valence-electron chi connectivity index (χ0n) is 19.9. The number of carbonyl (C=O) groups excluding carboxylic acids is 1. The summed E-state index contributed by atoms with van der Waals surface area (Å²) in [6.07, 6.45) is 1.40. The molecule has 0 unspecified atom stereocenters. The molecule has 1 saturated heterocycles. The summed E-state index contributed by atoms with van der Waals surface area (Å²) < 4.78 is 31.6. The highest BCUT2D eigenvalue weighted by Gasteiger charge is 2.36. The molecular formula is C26H23ClF2N6O2. The van der Waals surface area contributed by atoms with Gasteiger partial charge in [-0.1, -0.05) is 17.7 Å². The number of aromatic nitrogens is 1. The lowest BCUT2D eigenvalue weighted by Gasteiger charge is -2.35. The molecular weight excluding hydrogens is 502 g/mol. The van der Waals surface area contributed by atoms with Crippen LogP contribution in [0.5, 0.6) is 0 Å². The van der Waals surface area contributed by atoms with Gasteiger partial charge in [-0.15, -0.1) is 0 Å². The van der Waals surface area contributed by atoms with E-state index in [0.717, 1.165) is 4.90 Å². The van der Waals surface area contributed by atoms with E-state index >= 15 is 8.78 Å². The zero-order chi connectivity index (χ0) is 26.3. The molecule has 2 N–H and O–H groups in total. The Kier molecular flexibility index (Phi) is 6.69. The van der Waals surface area contributed by atoms with E-state index in [4.69, 9.17) is 11.6 Å². The second-order valence-corrected chi connectivity index (χ2v) is 9.20. The van der Waals surface area contributed by atoms with Gasteiger partial charge in [-0.25, -0.2) is 18.6 Å². The van der Waals surface area contributed by atoms with Crippen LogP contribution in [-0.2, 0) is 0 Å². The zero-order valence-corrected chi connectivity index (χ0v) is 20.6. The number of pyridine rings is 1. The number of anilines is 4. The standard InChI is InChI=1S/C26H23ClF2N6O2/c1-2-34-25-20(8-16(27)12-32-25)19-4-3-15(11-30)7-23(19)35(26(34)37)24-21(28)9-18(10-22(24)29)33-6-5-31-17(13-33)14-36/h3-4,7-10,12,17,31,36H,2,5-6,13-14H2,1H3/t17-/m1/s1. The molecule has 0 radical (unpaired) electrons. The number of fused-ring (bicyclic) bond motifs is 3. The van der Waals surface area contributed by atoms with Crippen molar-refractivity contribution in [3.05, 3.63) is 64.8 Å². The summed E-state index contributed by atoms with van der Waals surface area (Å²) in [5.74, 6) is -1.59. The van der Waals surface area contributed by atoms with Gasteiger partial charge in [-0.2, -0.15) is 5.26 Å². The molecule has 190 valence electrons. The average Bonchev–Trinajstić information content (AvgIpc) is 3.00. The number of nitrogens with one attached hydrogen (secondary N) is 1. The molecule has 11 heteroatoms. The smallest absolute Gasteiger partial charge is 0.334 e. The minimum atomic E-state index is -0.941. The maximum atomic E-state index is 15.8. The average molecular weight is 525 g/mol. The van der Waals surface area contributed by atoms with E-state index in [1.165, 1.54) is 29.3 Å². The number of nitriles is 1. The topological polar surface area (TPSA) is 95.7 Å². The predicted octanol–water partition coefficient (Wildman–Crippen LogP) is 4.42. The van der Waals surface area contributed by atoms with Crippen LogP contribution in [0.2, 0.25) is 5.02 Å². The first-order valence-corrected chi connectivity index (χ1v) is 12.1. The molecule has 1 atom stereocenters. The number of hydrogen-bond acceptors (Lipinski definition) is 6. The Labute approximate surface area is 217 Å². The molecule has 37 heavy (non-hydrogen) atoms. The van der Waals surface area contributed by atoms with Crippen molar-refractivity contribution in [2.75, 3.05) is 47.5 Å². The van der Waals surface area contributed by atoms with E-state index in [2.05, 4.69) is 10.3 Å². The van der Waals surface area contributed by atoms with Gasteiger partial charge in [0.2, 0.25) is 0 Å². The minimum absolute atomic E-state index is 0.106. The fraction of sp³-hybridized carbons (Fsp3) is 0.269. The van der Waals surface area contributed by atoms with Gasteiger partial charge in [-0.05, 0) is 37.3 Å². The number of halogens is 3. The molecule has 3 aromatic rings. The van der Waals surface area contributed by atoms with Crippen LogP contribution in [0, 0.1) is 23.0 Å². The van der Waals surface area contributed by atoms with Gasteiger partial charge < -0.3 is 15.3 Å². The summed E-state index contributed by atoms with van der Waals surface area (Å²) in [5, 5.41) is 22.5. The van der Waals surface area contributed by atoms with Crippen molar-refractivity contribution >= 4 is 40.5 Å². The molecule has 0 spiro atoms. The quantitative estimate of drug-likeness (QED) is 0.524. The van der Waals surface area contributed by atoms with Crippen LogP contribution in [0.25, 0.3) is 11.1 Å². The number of benzene rings is 2. The van der Waals surface area contributed by atoms with Gasteiger partial charge in [0.1, 0.15) is 11.5 Å². The number of carbonyl (C=O) groups is 1. The van der Waals surface area contributed by atoms with Crippen molar-refractivity contribution in [3.8, 4) is 17.2 Å². The van der Waals surface area contributed by atoms with Crippen molar-refractivity contribution in [3.63, 3.8) is 0 Å². The number of nitrogens with zero attached hydrogens (tertiary/aromatic N) is 5. The van der Waals surface area contributed by atoms with E-state index in [-0.39, 0.29) is 30.4 Å². The third-order valence-corrected chi connectivity index (χ3v) is 6.76. The molecule has 2 aliphatic heterocycles. The van der Waals surface area contributed by atoms with E-state index in [9.17, 15) is 15.2 Å². The maximum Gasteiger partial charge on any atom is 0.334 e. The van der Waals surface area contributed by atoms with E-state index in [1.807, 2.05) is 6.07 Å². The SMILES string of the molecule is CCN1C(=O)N(c2c(F)cc(N3CCN[C@@H](CO)C3)cc2F)c2cc(C#N)ccc2-c2cc(Cl)cnc21. The van der Waals surface area contributed by atoms with Gasteiger partial charge in [0.25, 0.3) is 0 Å². The van der Waals surface area contributed by atoms with Gasteiger partial charge in [0, 0.05) is 55.2 Å². The predicted molar refractivity (Wildman–Crippen MR) is 137 cm³/mol. The van der Waals surface area contributed by atoms with Gasteiger partial charge in [-0.3, -0.25) is 9.80 Å². The van der Waals surface area contributed by atoms with Crippen LogP contribution in [0.3, 0.4) is 0 Å². The lowest BCUT2D eigenvalue weighted by Crippen LogP contribution is -2.52. The molecule has 0 aliphatic carbocycles. The van der Waals surface area contributed by atoms with E-state index in [1.54, 1.807) is 30.0 Å². The number of urea groups is 1. The van der Waals surface area contributed by atoms with Gasteiger partial charge in [0.05, 0.1) is 28.9 Å². The molecule has 8 nitrogen and oxygen atoms in total. The molecule has 0 saturated carbocycles. The molecule has 0 bridgehead atoms. The summed E-state index contributed by atoms with van der Waals surface area (Å²) >= 11 is 6.22. The molecule has 1 fully saturated rings. The summed E-state index contributed by atoms with van der Waals surface area (Å²) in [4.78, 5) is 22.3. The highest BCUT2D eigenvalue weighted by Crippen LogP contribution is 2.46. The van der Waals surface area contributed by atoms with Gasteiger partial charge in [0.15, 0.2) is 11.6 Å². The number of aliphatic hydroxyl groups is 1. The third kappa shape index (κ3) is 4.35. The minimum Gasteiger partial charge on any atom is -0.395 e. The first-order chi connectivity index (χ1) is 17.9. The second-order valence-electron chi connectivity index (χ2n) is 8.77. The lowest BCUT2D eigenvalue weighted by molar-refractivity contribution is 0.235. The molecule has 1 aromatic heterocycles. The lowest BCUT2D eigenvalue weighted by atomic mass is 10.0. The summed E-state index contributed by atoms with van der Waals surface area (Å²) in [7, 11) is 0. The van der Waals surface area contributed by atoms with Crippen molar-refractivity contribution in [1.82, 2.24) is 10.3 Å². The maximum absolute atomic E-state index is 15.8. The Hall–Kier alpha value is -3.78. The number of hydrogen-bond donors (Lipinski definition) is 2. The monoisotopic (exact) mass is 524 g/mol. The highest BCUT2D eigenvalue weighted by molar-refractivity contribution is 6.31. The van der Waals surface area contributed by atoms with Crippen LogP contribution in [0.4, 0.5) is 36.5 Å². The largest absolute Gasteiger partial charge is 0.395 e. The Bertz CT molecular complexity index is 1410. The summed E-state index contributed by atoms with van der Waals surface area (Å²) in [6.45, 7) is 3.20. The normalized spacial score (nSPS) is 17.2. The number of piperazine rings is 1. The Balaban J connectivity index is 1.70. The van der Waals surface area contributed by atoms with E-state index in [0.29, 0.717) is 47.3 Å². The fourth-order valence-electron chi connectivity index (χ4n) is 4.81. The van der Waals surface area contributed by atoms with Gasteiger partial charge >= 0.3 is 6.03 Å². The van der Waals surface area contributed by atoms with Crippen LogP contribution in [-0.4, -0.2) is 54.9 Å². The van der Waals surface area contributed by atoms with Crippen LogP contribution >= 0.6 is 11.6 Å². The van der Waals surface area contributed by atoms with Crippen molar-refractivity contribution in [2.45, 2.75) is 13.0 Å². The van der Waals surface area contributed by atoms with Crippen molar-refractivity contribution < 1.29 is 18.7 Å². The Morgan fingerprint density at radius 3 is 2.65 bits per heavy atom. The Morgan fingerprint density at radius 2 is 1.97 bits per heavy atom. The number of aliphatic hydroxyl groups excluding tert-OH is 1. The third-order valence-electron chi connectivity index (χ3n) is 6.55. The molecule has 2 aliphatic rings. The Morgan fingerprint density at radius 1 is 1.22 bits per heavy atom. The number of amides is 2. The first-order valence-electron chi connectivity index (χ1n) is 11.8. The fourth-order valence-corrected chi connectivity index (χ4v) is 4.96. The van der Waals surface area contributed by atoms with Crippen molar-refractivity contribution in [1.29, 1.82) is 5.26 Å². The van der Waals surface area contributed by atoms with Crippen LogP contribution < -0.4 is 20.0 Å². The second kappa shape index (κ2) is 9.94. The molecule has 3 heterocycles. The molecule has 2 aromatic carbocycles. The number of rotatable bonds is 4. The van der Waals surface area contributed by atoms with E-state index < -0.39 is 23.4 Å². The van der Waals surface area contributed by atoms with Crippen molar-refractivity contribution in [2.24, 2.45) is 0 Å². The highest BCUT2D eigenvalue weighted by atomic mass is 35.5.